The maximum Gasteiger partial charge on any atom is 0.206 e. The average molecular weight is 300 g/mol. The van der Waals surface area contributed by atoms with E-state index in [1.54, 1.807) is 37.3 Å². The fourth-order valence-electron chi connectivity index (χ4n) is 3.00. The van der Waals surface area contributed by atoms with Crippen molar-refractivity contribution in [3.8, 4) is 17.2 Å². The van der Waals surface area contributed by atoms with Crippen LogP contribution >= 0.6 is 0 Å². The van der Waals surface area contributed by atoms with Gasteiger partial charge in [0, 0.05) is 10.8 Å². The lowest BCUT2D eigenvalue weighted by atomic mass is 9.99. The SMILES string of the molecule is CC1(C2C=Cc3c(c(O)c4ccccc4c3O)O2)OCCO1. The number of fused-ring (bicyclic) bond motifs is 2. The molecule has 1 saturated heterocycles. The lowest BCUT2D eigenvalue weighted by Crippen LogP contribution is -2.43. The van der Waals surface area contributed by atoms with Gasteiger partial charge in [0.25, 0.3) is 0 Å². The van der Waals surface area contributed by atoms with E-state index in [1.807, 2.05) is 6.07 Å². The van der Waals surface area contributed by atoms with Gasteiger partial charge < -0.3 is 24.4 Å². The summed E-state index contributed by atoms with van der Waals surface area (Å²) in [4.78, 5) is 0. The number of hydrogen-bond donors (Lipinski definition) is 2. The Bertz CT molecular complexity index is 774. The van der Waals surface area contributed by atoms with Crippen LogP contribution in [0, 0.1) is 0 Å². The molecule has 0 aromatic heterocycles. The van der Waals surface area contributed by atoms with E-state index in [4.69, 9.17) is 14.2 Å². The molecule has 114 valence electrons. The van der Waals surface area contributed by atoms with E-state index in [-0.39, 0.29) is 17.2 Å². The molecule has 5 nitrogen and oxygen atoms in total. The summed E-state index contributed by atoms with van der Waals surface area (Å²) in [5, 5.41) is 22.1. The largest absolute Gasteiger partial charge is 0.507 e. The topological polar surface area (TPSA) is 68.2 Å². The minimum Gasteiger partial charge on any atom is -0.507 e. The first-order valence-corrected chi connectivity index (χ1v) is 7.19. The van der Waals surface area contributed by atoms with Gasteiger partial charge in [-0.05, 0) is 19.1 Å². The fraction of sp³-hybridized carbons (Fsp3) is 0.294. The van der Waals surface area contributed by atoms with Crippen molar-refractivity contribution in [1.82, 2.24) is 0 Å². The first-order valence-electron chi connectivity index (χ1n) is 7.19. The Balaban J connectivity index is 1.86. The second-order valence-electron chi connectivity index (χ2n) is 5.60. The molecule has 2 aromatic carbocycles. The molecule has 4 rings (SSSR count). The third-order valence-corrected chi connectivity index (χ3v) is 4.21. The molecular weight excluding hydrogens is 284 g/mol. The van der Waals surface area contributed by atoms with Crippen molar-refractivity contribution in [2.24, 2.45) is 0 Å². The Morgan fingerprint density at radius 3 is 2.36 bits per heavy atom. The molecule has 22 heavy (non-hydrogen) atoms. The average Bonchev–Trinajstić information content (AvgIpc) is 3.00. The Morgan fingerprint density at radius 2 is 1.68 bits per heavy atom. The first kappa shape index (κ1) is 13.4. The van der Waals surface area contributed by atoms with Crippen LogP contribution in [-0.2, 0) is 9.47 Å². The van der Waals surface area contributed by atoms with Crippen LogP contribution in [0.2, 0.25) is 0 Å². The highest BCUT2D eigenvalue weighted by molar-refractivity contribution is 5.99. The van der Waals surface area contributed by atoms with Crippen molar-refractivity contribution < 1.29 is 24.4 Å². The van der Waals surface area contributed by atoms with Crippen molar-refractivity contribution in [2.75, 3.05) is 13.2 Å². The smallest absolute Gasteiger partial charge is 0.206 e. The number of rotatable bonds is 1. The van der Waals surface area contributed by atoms with Crippen LogP contribution < -0.4 is 4.74 Å². The van der Waals surface area contributed by atoms with Crippen LogP contribution in [0.5, 0.6) is 17.2 Å². The summed E-state index contributed by atoms with van der Waals surface area (Å²) in [6, 6.07) is 7.11. The van der Waals surface area contributed by atoms with Gasteiger partial charge >= 0.3 is 0 Å². The van der Waals surface area contributed by atoms with Gasteiger partial charge in [0.1, 0.15) is 5.75 Å². The van der Waals surface area contributed by atoms with Gasteiger partial charge in [-0.15, -0.1) is 0 Å². The molecule has 2 aromatic rings. The van der Waals surface area contributed by atoms with E-state index in [1.165, 1.54) is 0 Å². The summed E-state index contributed by atoms with van der Waals surface area (Å²) >= 11 is 0. The lowest BCUT2D eigenvalue weighted by molar-refractivity contribution is -0.186. The maximum atomic E-state index is 10.5. The van der Waals surface area contributed by atoms with Crippen molar-refractivity contribution >= 4 is 16.8 Å². The van der Waals surface area contributed by atoms with Crippen molar-refractivity contribution in [2.45, 2.75) is 18.8 Å². The Hall–Kier alpha value is -2.24. The Morgan fingerprint density at radius 1 is 1.05 bits per heavy atom. The predicted molar refractivity (Wildman–Crippen MR) is 81.0 cm³/mol. The normalized spacial score (nSPS) is 22.5. The summed E-state index contributed by atoms with van der Waals surface area (Å²) in [6.45, 7) is 2.82. The third kappa shape index (κ3) is 1.79. The second kappa shape index (κ2) is 4.63. The molecule has 0 amide bonds. The monoisotopic (exact) mass is 300 g/mol. The summed E-state index contributed by atoms with van der Waals surface area (Å²) in [6.07, 6.45) is 3.03. The van der Waals surface area contributed by atoms with Crippen molar-refractivity contribution in [3.05, 3.63) is 35.9 Å². The molecule has 0 aliphatic carbocycles. The highest BCUT2D eigenvalue weighted by Crippen LogP contribution is 2.48. The highest BCUT2D eigenvalue weighted by Gasteiger charge is 2.42. The number of benzene rings is 2. The molecule has 1 fully saturated rings. The molecule has 0 spiro atoms. The maximum absolute atomic E-state index is 10.5. The van der Waals surface area contributed by atoms with Crippen molar-refractivity contribution in [3.63, 3.8) is 0 Å². The first-order chi connectivity index (χ1) is 10.6. The summed E-state index contributed by atoms with van der Waals surface area (Å²) in [7, 11) is 0. The predicted octanol–water partition coefficient (Wildman–Crippen LogP) is 2.79. The molecule has 0 radical (unpaired) electrons. The molecule has 1 atom stereocenters. The molecule has 2 aliphatic heterocycles. The van der Waals surface area contributed by atoms with Crippen LogP contribution in [-0.4, -0.2) is 35.3 Å². The van der Waals surface area contributed by atoms with Gasteiger partial charge in [-0.1, -0.05) is 24.3 Å². The molecule has 1 unspecified atom stereocenters. The van der Waals surface area contributed by atoms with Gasteiger partial charge in [0.05, 0.1) is 18.8 Å². The van der Waals surface area contributed by atoms with E-state index in [0.29, 0.717) is 29.5 Å². The number of hydrogen-bond acceptors (Lipinski definition) is 5. The van der Waals surface area contributed by atoms with Gasteiger partial charge in [-0.3, -0.25) is 0 Å². The van der Waals surface area contributed by atoms with Crippen LogP contribution in [0.1, 0.15) is 12.5 Å². The zero-order valence-electron chi connectivity index (χ0n) is 12.1. The number of phenols is 2. The molecular formula is C17H16O5. The van der Waals surface area contributed by atoms with Gasteiger partial charge in [-0.2, -0.15) is 0 Å². The van der Waals surface area contributed by atoms with Gasteiger partial charge in [-0.25, -0.2) is 0 Å². The van der Waals surface area contributed by atoms with Crippen LogP contribution in [0.15, 0.2) is 30.3 Å². The molecule has 2 aliphatic rings. The van der Waals surface area contributed by atoms with E-state index in [0.717, 1.165) is 0 Å². The van der Waals surface area contributed by atoms with Crippen LogP contribution in [0.4, 0.5) is 0 Å². The summed E-state index contributed by atoms with van der Waals surface area (Å²) < 4.78 is 17.1. The van der Waals surface area contributed by atoms with Crippen LogP contribution in [0.3, 0.4) is 0 Å². The lowest BCUT2D eigenvalue weighted by Gasteiger charge is -2.33. The zero-order chi connectivity index (χ0) is 15.3. The van der Waals surface area contributed by atoms with Gasteiger partial charge in [0.2, 0.25) is 5.79 Å². The Kier molecular flexibility index (Phi) is 2.82. The molecule has 2 heterocycles. The standard InChI is InChI=1S/C17H16O5/c1-17(20-8-9-21-17)13-7-6-12-14(18)10-4-2-3-5-11(10)15(19)16(12)22-13/h2-7,13,18-19H,8-9H2,1H3. The zero-order valence-corrected chi connectivity index (χ0v) is 12.1. The van der Waals surface area contributed by atoms with E-state index in [9.17, 15) is 10.2 Å². The van der Waals surface area contributed by atoms with E-state index < -0.39 is 11.9 Å². The number of aromatic hydroxyl groups is 2. The van der Waals surface area contributed by atoms with E-state index in [2.05, 4.69) is 0 Å². The minimum absolute atomic E-state index is 0.0133. The quantitative estimate of drug-likeness (QED) is 0.793. The minimum atomic E-state index is -0.887. The number of ether oxygens (including phenoxy) is 3. The van der Waals surface area contributed by atoms with Crippen LogP contribution in [0.25, 0.3) is 16.8 Å². The molecule has 2 N–H and O–H groups in total. The summed E-state index contributed by atoms with van der Waals surface area (Å²) in [5.41, 5.74) is 0.467. The highest BCUT2D eigenvalue weighted by atomic mass is 16.8. The second-order valence-corrected chi connectivity index (χ2v) is 5.60. The van der Waals surface area contributed by atoms with Crippen molar-refractivity contribution in [1.29, 1.82) is 0 Å². The molecule has 0 saturated carbocycles. The third-order valence-electron chi connectivity index (χ3n) is 4.21. The van der Waals surface area contributed by atoms with E-state index >= 15 is 0 Å². The molecule has 5 heteroatoms. The Labute approximate surface area is 127 Å². The van der Waals surface area contributed by atoms with Gasteiger partial charge in [0.15, 0.2) is 17.6 Å². The molecule has 0 bridgehead atoms. The number of phenolic OH excluding ortho intramolecular Hbond substituents is 2. The summed E-state index contributed by atoms with van der Waals surface area (Å²) in [5.74, 6) is -0.526. The fourth-order valence-corrected chi connectivity index (χ4v) is 3.00.